The minimum Gasteiger partial charge on any atom is -0.363 e. The van der Waals surface area contributed by atoms with Gasteiger partial charge in [-0.15, -0.1) is 0 Å². The van der Waals surface area contributed by atoms with Crippen molar-refractivity contribution in [3.63, 3.8) is 0 Å². The number of benzene rings is 1. The number of fused-ring (bicyclic) bond motifs is 1. The van der Waals surface area contributed by atoms with Crippen molar-refractivity contribution in [1.82, 2.24) is 19.9 Å². The van der Waals surface area contributed by atoms with Crippen molar-refractivity contribution in [2.75, 3.05) is 11.9 Å². The second-order valence-electron chi connectivity index (χ2n) is 9.15. The summed E-state index contributed by atoms with van der Waals surface area (Å²) in [6.45, 7) is 11.2. The highest BCUT2D eigenvalue weighted by Gasteiger charge is 2.31. The molecular weight excluding hydrogens is 405 g/mol. The molecule has 4 rings (SSSR count). The minimum atomic E-state index is -0.289. The Morgan fingerprint density at radius 1 is 1.16 bits per heavy atom. The lowest BCUT2D eigenvalue weighted by Gasteiger charge is -2.19. The molecule has 0 fully saturated rings. The van der Waals surface area contributed by atoms with Gasteiger partial charge in [0.1, 0.15) is 23.7 Å². The fraction of sp³-hybridized carbons (Fsp3) is 0.360. The summed E-state index contributed by atoms with van der Waals surface area (Å²) in [6, 6.07) is 8.84. The van der Waals surface area contributed by atoms with Gasteiger partial charge in [-0.1, -0.05) is 32.9 Å². The lowest BCUT2D eigenvalue weighted by Crippen LogP contribution is -2.23. The number of aromatic nitrogens is 3. The van der Waals surface area contributed by atoms with E-state index in [4.69, 9.17) is 0 Å². The van der Waals surface area contributed by atoms with Gasteiger partial charge in [-0.25, -0.2) is 14.4 Å². The number of anilines is 1. The van der Waals surface area contributed by atoms with E-state index < -0.39 is 0 Å². The largest absolute Gasteiger partial charge is 0.363 e. The van der Waals surface area contributed by atoms with Crippen LogP contribution in [0.4, 0.5) is 10.2 Å². The molecule has 3 heterocycles. The summed E-state index contributed by atoms with van der Waals surface area (Å²) in [4.78, 5) is 27.0. The number of carbonyl (C=O) groups excluding carboxylic acids is 1. The van der Waals surface area contributed by atoms with E-state index in [0.717, 1.165) is 22.4 Å². The summed E-state index contributed by atoms with van der Waals surface area (Å²) >= 11 is 0. The molecule has 2 aromatic heterocycles. The van der Waals surface area contributed by atoms with E-state index in [1.54, 1.807) is 23.2 Å². The van der Waals surface area contributed by atoms with E-state index in [-0.39, 0.29) is 23.2 Å². The molecule has 7 heteroatoms. The number of halogens is 1. The second kappa shape index (κ2) is 8.30. The average Bonchev–Trinajstić information content (AvgIpc) is 3.10. The van der Waals surface area contributed by atoms with E-state index in [2.05, 4.69) is 41.0 Å². The van der Waals surface area contributed by atoms with Crippen LogP contribution in [0.15, 0.2) is 42.9 Å². The summed E-state index contributed by atoms with van der Waals surface area (Å²) in [5, 5.41) is 3.33. The quantitative estimate of drug-likeness (QED) is 0.604. The number of hydrogen-bond acceptors (Lipinski definition) is 5. The molecule has 3 aromatic rings. The minimum absolute atomic E-state index is 0.0806. The van der Waals surface area contributed by atoms with Crippen LogP contribution in [-0.4, -0.2) is 32.3 Å². The Bertz CT molecular complexity index is 1170. The number of hydrogen-bond donors (Lipinski definition) is 1. The van der Waals surface area contributed by atoms with Gasteiger partial charge >= 0.3 is 0 Å². The van der Waals surface area contributed by atoms with Gasteiger partial charge in [0.2, 0.25) is 0 Å². The molecule has 0 bridgehead atoms. The summed E-state index contributed by atoms with van der Waals surface area (Å²) < 4.78 is 15.1. The summed E-state index contributed by atoms with van der Waals surface area (Å²) in [5.41, 5.74) is 4.17. The number of nitrogens with one attached hydrogen (secondary N) is 1. The van der Waals surface area contributed by atoms with Crippen LogP contribution in [-0.2, 0) is 12.0 Å². The summed E-state index contributed by atoms with van der Waals surface area (Å²) in [7, 11) is 0. The summed E-state index contributed by atoms with van der Waals surface area (Å²) in [6.07, 6.45) is 3.12. The maximum atomic E-state index is 15.1. The van der Waals surface area contributed by atoms with Crippen LogP contribution >= 0.6 is 0 Å². The fourth-order valence-electron chi connectivity index (χ4n) is 3.87. The van der Waals surface area contributed by atoms with Crippen LogP contribution in [0.25, 0.3) is 11.1 Å². The predicted molar refractivity (Wildman–Crippen MR) is 123 cm³/mol. The summed E-state index contributed by atoms with van der Waals surface area (Å²) in [5.74, 6) is 0.241. The Labute approximate surface area is 187 Å². The first-order valence-corrected chi connectivity index (χ1v) is 10.8. The van der Waals surface area contributed by atoms with Crippen LogP contribution in [0, 0.1) is 5.82 Å². The Morgan fingerprint density at radius 2 is 1.94 bits per heavy atom. The Kier molecular flexibility index (Phi) is 5.67. The number of pyridine rings is 1. The van der Waals surface area contributed by atoms with Crippen molar-refractivity contribution >= 4 is 11.7 Å². The molecule has 1 N–H and O–H groups in total. The molecule has 0 radical (unpaired) electrons. The van der Waals surface area contributed by atoms with Crippen LogP contribution in [0.2, 0.25) is 0 Å². The standard InChI is InChI=1S/C25H28FN5O/c1-6-31-13-19-22(24(31)32)28-14-29-23(19)30-15(2)16-7-8-18(20(26)11-16)17-9-10-27-21(12-17)25(3,4)5/h7-12,14-15H,6,13H2,1-5H3,(H,28,29,30). The first-order valence-electron chi connectivity index (χ1n) is 10.8. The molecule has 0 saturated carbocycles. The van der Waals surface area contributed by atoms with E-state index in [0.29, 0.717) is 30.2 Å². The van der Waals surface area contributed by atoms with E-state index >= 15 is 4.39 Å². The lowest BCUT2D eigenvalue weighted by molar-refractivity contribution is 0.0783. The third-order valence-corrected chi connectivity index (χ3v) is 5.85. The number of carbonyl (C=O) groups is 1. The maximum absolute atomic E-state index is 15.1. The SMILES string of the molecule is CCN1Cc2c(NC(C)c3ccc(-c4ccnc(C(C)(C)C)c4)c(F)c3)ncnc2C1=O. The van der Waals surface area contributed by atoms with Crippen LogP contribution < -0.4 is 5.32 Å². The van der Waals surface area contributed by atoms with Gasteiger partial charge in [0.15, 0.2) is 0 Å². The van der Waals surface area contributed by atoms with Gasteiger partial charge in [-0.2, -0.15) is 0 Å². The van der Waals surface area contributed by atoms with Crippen molar-refractivity contribution in [1.29, 1.82) is 0 Å². The third-order valence-electron chi connectivity index (χ3n) is 5.85. The van der Waals surface area contributed by atoms with Crippen LogP contribution in [0.5, 0.6) is 0 Å². The fourth-order valence-corrected chi connectivity index (χ4v) is 3.87. The lowest BCUT2D eigenvalue weighted by atomic mass is 9.89. The molecule has 1 aliphatic rings. The van der Waals surface area contributed by atoms with Crippen molar-refractivity contribution < 1.29 is 9.18 Å². The van der Waals surface area contributed by atoms with E-state index in [1.165, 1.54) is 6.33 Å². The number of rotatable bonds is 5. The Hall–Kier alpha value is -3.35. The highest BCUT2D eigenvalue weighted by atomic mass is 19.1. The first kappa shape index (κ1) is 21.9. The molecule has 1 atom stereocenters. The second-order valence-corrected chi connectivity index (χ2v) is 9.15. The average molecular weight is 434 g/mol. The number of amides is 1. The van der Waals surface area contributed by atoms with Gasteiger partial charge in [0, 0.05) is 35.0 Å². The molecule has 0 saturated heterocycles. The van der Waals surface area contributed by atoms with Gasteiger partial charge in [-0.05, 0) is 43.2 Å². The van der Waals surface area contributed by atoms with E-state index in [9.17, 15) is 4.79 Å². The molecule has 0 spiro atoms. The zero-order valence-corrected chi connectivity index (χ0v) is 19.1. The first-order chi connectivity index (χ1) is 15.2. The van der Waals surface area contributed by atoms with Gasteiger partial charge in [-0.3, -0.25) is 9.78 Å². The molecule has 1 unspecified atom stereocenters. The third kappa shape index (κ3) is 4.07. The molecule has 166 valence electrons. The molecule has 1 amide bonds. The van der Waals surface area contributed by atoms with Crippen molar-refractivity contribution in [2.45, 2.75) is 52.6 Å². The topological polar surface area (TPSA) is 71.0 Å². The van der Waals surface area contributed by atoms with Crippen LogP contribution in [0.3, 0.4) is 0 Å². The van der Waals surface area contributed by atoms with E-state index in [1.807, 2.05) is 32.0 Å². The van der Waals surface area contributed by atoms with Crippen LogP contribution in [0.1, 0.15) is 68.0 Å². The van der Waals surface area contributed by atoms with Gasteiger partial charge in [0.25, 0.3) is 5.91 Å². The molecule has 6 nitrogen and oxygen atoms in total. The maximum Gasteiger partial charge on any atom is 0.273 e. The molecule has 32 heavy (non-hydrogen) atoms. The predicted octanol–water partition coefficient (Wildman–Crippen LogP) is 5.12. The van der Waals surface area contributed by atoms with Crippen molar-refractivity contribution in [3.8, 4) is 11.1 Å². The van der Waals surface area contributed by atoms with Gasteiger partial charge < -0.3 is 10.2 Å². The Balaban J connectivity index is 1.58. The zero-order chi connectivity index (χ0) is 23.0. The highest BCUT2D eigenvalue weighted by Crippen LogP contribution is 2.31. The normalized spacial score (nSPS) is 14.4. The molecule has 1 aromatic carbocycles. The molecule has 0 aliphatic carbocycles. The monoisotopic (exact) mass is 433 g/mol. The van der Waals surface area contributed by atoms with Crippen molar-refractivity contribution in [2.24, 2.45) is 0 Å². The van der Waals surface area contributed by atoms with Gasteiger partial charge in [0.05, 0.1) is 12.6 Å². The molecular formula is C25H28FN5O. The Morgan fingerprint density at radius 3 is 2.62 bits per heavy atom. The molecule has 1 aliphatic heterocycles. The highest BCUT2D eigenvalue weighted by molar-refractivity contribution is 5.97. The zero-order valence-electron chi connectivity index (χ0n) is 19.1. The smallest absolute Gasteiger partial charge is 0.273 e. The number of nitrogens with zero attached hydrogens (tertiary/aromatic N) is 4. The van der Waals surface area contributed by atoms with Crippen molar-refractivity contribution in [3.05, 3.63) is 71.2 Å².